The monoisotopic (exact) mass is 258 g/mol. The highest BCUT2D eigenvalue weighted by molar-refractivity contribution is 5.81. The number of rotatable bonds is 8. The summed E-state index contributed by atoms with van der Waals surface area (Å²) in [6.07, 6.45) is 1.56. The molecule has 0 saturated heterocycles. The first kappa shape index (κ1) is 16.9. The zero-order valence-corrected chi connectivity index (χ0v) is 12.1. The van der Waals surface area contributed by atoms with E-state index in [-0.39, 0.29) is 23.9 Å². The van der Waals surface area contributed by atoms with Crippen LogP contribution in [0.1, 0.15) is 47.0 Å². The van der Waals surface area contributed by atoms with E-state index in [1.54, 1.807) is 0 Å². The number of hydrogen-bond donors (Lipinski definition) is 2. The van der Waals surface area contributed by atoms with Crippen LogP contribution < -0.4 is 5.32 Å². The van der Waals surface area contributed by atoms with E-state index in [9.17, 15) is 9.59 Å². The lowest BCUT2D eigenvalue weighted by atomic mass is 10.0. The number of carboxylic acid groups (broad SMARTS) is 1. The van der Waals surface area contributed by atoms with Gasteiger partial charge in [-0.25, -0.2) is 0 Å². The van der Waals surface area contributed by atoms with Crippen LogP contribution in [-0.4, -0.2) is 47.1 Å². The molecule has 2 N–H and O–H groups in total. The molecule has 106 valence electrons. The van der Waals surface area contributed by atoms with Crippen LogP contribution in [0, 0.1) is 0 Å². The Hall–Kier alpha value is -1.10. The maximum absolute atomic E-state index is 12.0. The fourth-order valence-electron chi connectivity index (χ4n) is 1.40. The van der Waals surface area contributed by atoms with Crippen LogP contribution in [0.3, 0.4) is 0 Å². The second kappa shape index (κ2) is 7.36. The first-order valence-corrected chi connectivity index (χ1v) is 6.43. The summed E-state index contributed by atoms with van der Waals surface area (Å²) < 4.78 is 0. The molecular formula is C13H26N2O3. The van der Waals surface area contributed by atoms with Crippen molar-refractivity contribution in [3.8, 4) is 0 Å². The molecule has 0 aromatic heterocycles. The summed E-state index contributed by atoms with van der Waals surface area (Å²) in [6, 6.07) is -0.246. The molecule has 5 heteroatoms. The van der Waals surface area contributed by atoms with Crippen LogP contribution in [0.2, 0.25) is 0 Å². The Morgan fingerprint density at radius 3 is 2.39 bits per heavy atom. The minimum atomic E-state index is -0.798. The van der Waals surface area contributed by atoms with Crippen molar-refractivity contribution < 1.29 is 14.7 Å². The highest BCUT2D eigenvalue weighted by Crippen LogP contribution is 2.08. The van der Waals surface area contributed by atoms with E-state index >= 15 is 0 Å². The molecule has 0 rings (SSSR count). The van der Waals surface area contributed by atoms with E-state index in [0.29, 0.717) is 13.0 Å². The highest BCUT2D eigenvalue weighted by atomic mass is 16.4. The minimum Gasteiger partial charge on any atom is -0.481 e. The van der Waals surface area contributed by atoms with E-state index in [4.69, 9.17) is 5.11 Å². The molecule has 0 saturated carbocycles. The Bertz CT molecular complexity index is 290. The second-order valence-electron chi connectivity index (χ2n) is 5.38. The Morgan fingerprint density at radius 1 is 1.39 bits per heavy atom. The van der Waals surface area contributed by atoms with E-state index in [0.717, 1.165) is 6.42 Å². The number of nitrogens with zero attached hydrogens (tertiary/aromatic N) is 1. The third-order valence-corrected chi connectivity index (χ3v) is 3.29. The number of nitrogens with one attached hydrogen (secondary N) is 1. The summed E-state index contributed by atoms with van der Waals surface area (Å²) in [5, 5.41) is 11.5. The van der Waals surface area contributed by atoms with E-state index in [2.05, 4.69) is 5.32 Å². The molecule has 0 aromatic carbocycles. The zero-order valence-electron chi connectivity index (χ0n) is 12.1. The van der Waals surface area contributed by atoms with Crippen LogP contribution in [0.4, 0.5) is 0 Å². The van der Waals surface area contributed by atoms with Gasteiger partial charge in [-0.3, -0.25) is 14.5 Å². The van der Waals surface area contributed by atoms with Crippen molar-refractivity contribution in [1.29, 1.82) is 0 Å². The number of carboxylic acids is 1. The lowest BCUT2D eigenvalue weighted by molar-refractivity contribution is -0.137. The molecule has 0 radical (unpaired) electrons. The summed E-state index contributed by atoms with van der Waals surface area (Å²) in [6.45, 7) is 8.45. The summed E-state index contributed by atoms with van der Waals surface area (Å²) in [4.78, 5) is 24.3. The van der Waals surface area contributed by atoms with Crippen molar-refractivity contribution >= 4 is 11.9 Å². The van der Waals surface area contributed by atoms with Crippen LogP contribution in [0.5, 0.6) is 0 Å². The standard InChI is InChI=1S/C13H26N2O3/c1-6-13(3,4)14-12(18)10(2)15(5)9-7-8-11(16)17/h10H,6-9H2,1-5H3,(H,14,18)(H,16,17). The van der Waals surface area contributed by atoms with Crippen molar-refractivity contribution in [2.75, 3.05) is 13.6 Å². The molecule has 0 fully saturated rings. The summed E-state index contributed by atoms with van der Waals surface area (Å²) >= 11 is 0. The summed E-state index contributed by atoms with van der Waals surface area (Å²) in [5.74, 6) is -0.813. The Kier molecular flexibility index (Phi) is 6.91. The maximum Gasteiger partial charge on any atom is 0.303 e. The average Bonchev–Trinajstić information content (AvgIpc) is 2.26. The number of carbonyl (C=O) groups excluding carboxylic acids is 1. The van der Waals surface area contributed by atoms with Crippen molar-refractivity contribution in [3.05, 3.63) is 0 Å². The van der Waals surface area contributed by atoms with Gasteiger partial charge in [-0.1, -0.05) is 6.92 Å². The lowest BCUT2D eigenvalue weighted by Gasteiger charge is -2.30. The molecule has 5 nitrogen and oxygen atoms in total. The van der Waals surface area contributed by atoms with Crippen LogP contribution >= 0.6 is 0 Å². The van der Waals surface area contributed by atoms with Gasteiger partial charge >= 0.3 is 5.97 Å². The molecule has 0 aromatic rings. The second-order valence-corrected chi connectivity index (χ2v) is 5.38. The quantitative estimate of drug-likeness (QED) is 0.692. The normalized spacial score (nSPS) is 13.4. The molecule has 1 unspecified atom stereocenters. The maximum atomic E-state index is 12.0. The third-order valence-electron chi connectivity index (χ3n) is 3.29. The summed E-state index contributed by atoms with van der Waals surface area (Å²) in [7, 11) is 1.84. The molecule has 1 amide bonds. The van der Waals surface area contributed by atoms with Gasteiger partial charge < -0.3 is 10.4 Å². The molecule has 0 aliphatic carbocycles. The van der Waals surface area contributed by atoms with Gasteiger partial charge in [-0.05, 0) is 47.2 Å². The molecule has 0 aliphatic rings. The predicted octanol–water partition coefficient (Wildman–Crippen LogP) is 1.48. The van der Waals surface area contributed by atoms with Gasteiger partial charge in [-0.15, -0.1) is 0 Å². The van der Waals surface area contributed by atoms with Gasteiger partial charge in [-0.2, -0.15) is 0 Å². The summed E-state index contributed by atoms with van der Waals surface area (Å²) in [5.41, 5.74) is -0.201. The number of amides is 1. The molecule has 0 aliphatic heterocycles. The smallest absolute Gasteiger partial charge is 0.303 e. The Balaban J connectivity index is 4.16. The third kappa shape index (κ3) is 6.59. The van der Waals surface area contributed by atoms with Crippen molar-refractivity contribution in [1.82, 2.24) is 10.2 Å². The topological polar surface area (TPSA) is 69.6 Å². The molecule has 18 heavy (non-hydrogen) atoms. The van der Waals surface area contributed by atoms with E-state index in [1.807, 2.05) is 39.6 Å². The van der Waals surface area contributed by atoms with Gasteiger partial charge in [0.25, 0.3) is 0 Å². The van der Waals surface area contributed by atoms with Gasteiger partial charge in [0.05, 0.1) is 6.04 Å². The SMILES string of the molecule is CCC(C)(C)NC(=O)C(C)N(C)CCCC(=O)O. The number of hydrogen-bond acceptors (Lipinski definition) is 3. The average molecular weight is 258 g/mol. The van der Waals surface area contributed by atoms with E-state index < -0.39 is 5.97 Å². The number of carbonyl (C=O) groups is 2. The molecular weight excluding hydrogens is 232 g/mol. The number of aliphatic carboxylic acids is 1. The van der Waals surface area contributed by atoms with Crippen LogP contribution in [0.15, 0.2) is 0 Å². The van der Waals surface area contributed by atoms with Crippen molar-refractivity contribution in [2.24, 2.45) is 0 Å². The van der Waals surface area contributed by atoms with Gasteiger partial charge in [0.1, 0.15) is 0 Å². The predicted molar refractivity (Wildman–Crippen MR) is 71.5 cm³/mol. The van der Waals surface area contributed by atoms with Crippen molar-refractivity contribution in [3.63, 3.8) is 0 Å². The highest BCUT2D eigenvalue weighted by Gasteiger charge is 2.23. The minimum absolute atomic E-state index is 0.0142. The molecule has 0 spiro atoms. The van der Waals surface area contributed by atoms with Gasteiger partial charge in [0, 0.05) is 12.0 Å². The molecule has 1 atom stereocenters. The lowest BCUT2D eigenvalue weighted by Crippen LogP contribution is -2.51. The van der Waals surface area contributed by atoms with Crippen molar-refractivity contribution in [2.45, 2.75) is 58.5 Å². The Morgan fingerprint density at radius 2 is 1.94 bits per heavy atom. The van der Waals surface area contributed by atoms with Gasteiger partial charge in [0.15, 0.2) is 0 Å². The molecule has 0 bridgehead atoms. The first-order valence-electron chi connectivity index (χ1n) is 6.43. The molecule has 0 heterocycles. The first-order chi connectivity index (χ1) is 8.19. The van der Waals surface area contributed by atoms with E-state index in [1.165, 1.54) is 0 Å². The fourth-order valence-corrected chi connectivity index (χ4v) is 1.40. The number of likely N-dealkylation sites (N-methyl/N-ethyl adjacent to an activating group) is 1. The van der Waals surface area contributed by atoms with Crippen LogP contribution in [-0.2, 0) is 9.59 Å². The van der Waals surface area contributed by atoms with Gasteiger partial charge in [0.2, 0.25) is 5.91 Å². The zero-order chi connectivity index (χ0) is 14.3. The largest absolute Gasteiger partial charge is 0.481 e. The Labute approximate surface area is 110 Å². The van der Waals surface area contributed by atoms with Crippen LogP contribution in [0.25, 0.3) is 0 Å². The fraction of sp³-hybridized carbons (Fsp3) is 0.846.